The van der Waals surface area contributed by atoms with E-state index in [9.17, 15) is 4.79 Å². The summed E-state index contributed by atoms with van der Waals surface area (Å²) < 4.78 is 1.83. The lowest BCUT2D eigenvalue weighted by Crippen LogP contribution is -2.35. The van der Waals surface area contributed by atoms with Gasteiger partial charge in [0, 0.05) is 25.3 Å². The molecule has 0 saturated carbocycles. The number of para-hydroxylation sites is 1. The standard InChI is InChI=1S/C23H28N4O/c1-5-26(21-13-9-10-17(2)16-21)15-14-24-23(28)22-18(3)25-27(19(22)4)20-11-7-6-8-12-20/h6-13,16H,5,14-15H2,1-4H3,(H,24,28). The van der Waals surface area contributed by atoms with Gasteiger partial charge in [0.1, 0.15) is 0 Å². The summed E-state index contributed by atoms with van der Waals surface area (Å²) in [4.78, 5) is 15.1. The molecule has 2 aromatic carbocycles. The van der Waals surface area contributed by atoms with Crippen LogP contribution < -0.4 is 10.2 Å². The molecule has 3 aromatic rings. The molecule has 28 heavy (non-hydrogen) atoms. The maximum Gasteiger partial charge on any atom is 0.255 e. The third-order valence-corrected chi connectivity index (χ3v) is 4.93. The number of likely N-dealkylation sites (N-methyl/N-ethyl adjacent to an activating group) is 1. The van der Waals surface area contributed by atoms with Crippen molar-refractivity contribution in [2.75, 3.05) is 24.5 Å². The molecule has 1 aromatic heterocycles. The summed E-state index contributed by atoms with van der Waals surface area (Å²) in [6.45, 7) is 10.3. The van der Waals surface area contributed by atoms with E-state index < -0.39 is 0 Å². The Morgan fingerprint density at radius 3 is 2.50 bits per heavy atom. The fourth-order valence-electron chi connectivity index (χ4n) is 3.48. The van der Waals surface area contributed by atoms with Gasteiger partial charge in [-0.2, -0.15) is 5.10 Å². The molecule has 1 amide bonds. The summed E-state index contributed by atoms with van der Waals surface area (Å²) in [5.74, 6) is -0.0718. The predicted molar refractivity (Wildman–Crippen MR) is 114 cm³/mol. The summed E-state index contributed by atoms with van der Waals surface area (Å²) in [6.07, 6.45) is 0. The smallest absolute Gasteiger partial charge is 0.255 e. The van der Waals surface area contributed by atoms with Gasteiger partial charge in [-0.05, 0) is 57.5 Å². The zero-order valence-electron chi connectivity index (χ0n) is 17.1. The van der Waals surface area contributed by atoms with E-state index in [-0.39, 0.29) is 5.91 Å². The molecule has 0 atom stereocenters. The first-order valence-electron chi connectivity index (χ1n) is 9.72. The Bertz CT molecular complexity index is 946. The van der Waals surface area contributed by atoms with Crippen molar-refractivity contribution in [1.82, 2.24) is 15.1 Å². The van der Waals surface area contributed by atoms with Crippen LogP contribution in [0.3, 0.4) is 0 Å². The van der Waals surface area contributed by atoms with E-state index in [4.69, 9.17) is 0 Å². The molecule has 0 aliphatic carbocycles. The van der Waals surface area contributed by atoms with Crippen LogP contribution in [0.1, 0.15) is 34.2 Å². The van der Waals surface area contributed by atoms with Crippen molar-refractivity contribution in [3.63, 3.8) is 0 Å². The zero-order chi connectivity index (χ0) is 20.1. The van der Waals surface area contributed by atoms with Gasteiger partial charge in [-0.3, -0.25) is 4.79 Å². The number of aromatic nitrogens is 2. The number of carbonyl (C=O) groups excluding carboxylic acids is 1. The molecule has 1 N–H and O–H groups in total. The molecule has 0 radical (unpaired) electrons. The fraction of sp³-hybridized carbons (Fsp3) is 0.304. The molecular formula is C23H28N4O. The Morgan fingerprint density at radius 1 is 1.07 bits per heavy atom. The number of hydrogen-bond donors (Lipinski definition) is 1. The Hall–Kier alpha value is -3.08. The lowest BCUT2D eigenvalue weighted by molar-refractivity contribution is 0.0953. The van der Waals surface area contributed by atoms with E-state index in [1.165, 1.54) is 11.3 Å². The highest BCUT2D eigenvalue weighted by Crippen LogP contribution is 2.18. The van der Waals surface area contributed by atoms with Gasteiger partial charge >= 0.3 is 0 Å². The fourth-order valence-corrected chi connectivity index (χ4v) is 3.48. The number of amides is 1. The second-order valence-corrected chi connectivity index (χ2v) is 6.97. The lowest BCUT2D eigenvalue weighted by atomic mass is 10.2. The van der Waals surface area contributed by atoms with Gasteiger partial charge < -0.3 is 10.2 Å². The van der Waals surface area contributed by atoms with Crippen LogP contribution in [0.2, 0.25) is 0 Å². The van der Waals surface area contributed by atoms with Crippen LogP contribution in [0.4, 0.5) is 5.69 Å². The normalized spacial score (nSPS) is 10.7. The van der Waals surface area contributed by atoms with Crippen LogP contribution >= 0.6 is 0 Å². The molecule has 0 unspecified atom stereocenters. The van der Waals surface area contributed by atoms with Crippen LogP contribution in [0.25, 0.3) is 5.69 Å². The second-order valence-electron chi connectivity index (χ2n) is 6.97. The van der Waals surface area contributed by atoms with Gasteiger partial charge in [-0.25, -0.2) is 4.68 Å². The van der Waals surface area contributed by atoms with Gasteiger partial charge in [-0.1, -0.05) is 30.3 Å². The number of nitrogens with one attached hydrogen (secondary N) is 1. The molecule has 3 rings (SSSR count). The summed E-state index contributed by atoms with van der Waals surface area (Å²) in [7, 11) is 0. The van der Waals surface area contributed by atoms with Gasteiger partial charge in [0.2, 0.25) is 0 Å². The summed E-state index contributed by atoms with van der Waals surface area (Å²) >= 11 is 0. The number of benzene rings is 2. The molecule has 0 aliphatic heterocycles. The van der Waals surface area contributed by atoms with Crippen molar-refractivity contribution in [3.05, 3.63) is 77.1 Å². The zero-order valence-corrected chi connectivity index (χ0v) is 17.1. The van der Waals surface area contributed by atoms with Crippen molar-refractivity contribution in [2.45, 2.75) is 27.7 Å². The van der Waals surface area contributed by atoms with Gasteiger partial charge in [0.25, 0.3) is 5.91 Å². The molecule has 0 spiro atoms. The Labute approximate surface area is 167 Å². The number of carbonyl (C=O) groups is 1. The second kappa shape index (κ2) is 8.74. The topological polar surface area (TPSA) is 50.2 Å². The lowest BCUT2D eigenvalue weighted by Gasteiger charge is -2.23. The quantitative estimate of drug-likeness (QED) is 0.677. The number of hydrogen-bond acceptors (Lipinski definition) is 3. The van der Waals surface area contributed by atoms with Crippen LogP contribution in [0.15, 0.2) is 54.6 Å². The third-order valence-electron chi connectivity index (χ3n) is 4.93. The minimum atomic E-state index is -0.0718. The number of nitrogens with zero attached hydrogens (tertiary/aromatic N) is 3. The first-order valence-corrected chi connectivity index (χ1v) is 9.72. The van der Waals surface area contributed by atoms with Crippen LogP contribution in [0, 0.1) is 20.8 Å². The van der Waals surface area contributed by atoms with Gasteiger partial charge in [0.05, 0.1) is 22.6 Å². The molecule has 0 fully saturated rings. The first-order chi connectivity index (χ1) is 13.5. The number of aryl methyl sites for hydroxylation is 2. The van der Waals surface area contributed by atoms with E-state index in [1.54, 1.807) is 0 Å². The average Bonchev–Trinajstić information content (AvgIpc) is 3.00. The SMILES string of the molecule is CCN(CCNC(=O)c1c(C)nn(-c2ccccc2)c1C)c1cccc(C)c1. The summed E-state index contributed by atoms with van der Waals surface area (Å²) in [6, 6.07) is 18.3. The maximum absolute atomic E-state index is 12.8. The maximum atomic E-state index is 12.8. The minimum absolute atomic E-state index is 0.0718. The highest BCUT2D eigenvalue weighted by atomic mass is 16.1. The molecule has 1 heterocycles. The molecular weight excluding hydrogens is 348 g/mol. The average molecular weight is 377 g/mol. The van der Waals surface area contributed by atoms with E-state index in [2.05, 4.69) is 53.4 Å². The van der Waals surface area contributed by atoms with Crippen molar-refractivity contribution < 1.29 is 4.79 Å². The molecule has 0 saturated heterocycles. The van der Waals surface area contributed by atoms with E-state index in [0.717, 1.165) is 30.2 Å². The number of anilines is 1. The summed E-state index contributed by atoms with van der Waals surface area (Å²) in [5, 5.41) is 7.62. The van der Waals surface area contributed by atoms with Crippen molar-refractivity contribution in [1.29, 1.82) is 0 Å². The van der Waals surface area contributed by atoms with Gasteiger partial charge in [0.15, 0.2) is 0 Å². The van der Waals surface area contributed by atoms with E-state index in [1.807, 2.05) is 48.9 Å². The molecule has 0 bridgehead atoms. The minimum Gasteiger partial charge on any atom is -0.370 e. The van der Waals surface area contributed by atoms with Crippen molar-refractivity contribution in [2.24, 2.45) is 0 Å². The van der Waals surface area contributed by atoms with E-state index in [0.29, 0.717) is 12.1 Å². The highest BCUT2D eigenvalue weighted by Gasteiger charge is 2.19. The Morgan fingerprint density at radius 2 is 1.82 bits per heavy atom. The first kappa shape index (κ1) is 19.7. The molecule has 0 aliphatic rings. The number of rotatable bonds is 7. The monoisotopic (exact) mass is 376 g/mol. The molecule has 5 nitrogen and oxygen atoms in total. The van der Waals surface area contributed by atoms with E-state index >= 15 is 0 Å². The van der Waals surface area contributed by atoms with Crippen molar-refractivity contribution >= 4 is 11.6 Å². The highest BCUT2D eigenvalue weighted by molar-refractivity contribution is 5.96. The molecule has 146 valence electrons. The Balaban J connectivity index is 1.68. The largest absolute Gasteiger partial charge is 0.370 e. The Kier molecular flexibility index (Phi) is 6.14. The molecule has 5 heteroatoms. The predicted octanol–water partition coefficient (Wildman–Crippen LogP) is 4.05. The third kappa shape index (κ3) is 4.25. The van der Waals surface area contributed by atoms with Crippen LogP contribution in [-0.4, -0.2) is 35.3 Å². The summed E-state index contributed by atoms with van der Waals surface area (Å²) in [5.41, 5.74) is 5.62. The van der Waals surface area contributed by atoms with Crippen LogP contribution in [0.5, 0.6) is 0 Å². The van der Waals surface area contributed by atoms with Crippen LogP contribution in [-0.2, 0) is 0 Å². The van der Waals surface area contributed by atoms with Gasteiger partial charge in [-0.15, -0.1) is 0 Å². The van der Waals surface area contributed by atoms with Crippen molar-refractivity contribution in [3.8, 4) is 5.69 Å².